The van der Waals surface area contributed by atoms with E-state index in [4.69, 9.17) is 24.6 Å². The van der Waals surface area contributed by atoms with Crippen molar-refractivity contribution in [2.75, 3.05) is 37.8 Å². The molecule has 26 nitrogen and oxygen atoms in total. The van der Waals surface area contributed by atoms with E-state index in [-0.39, 0.29) is 61.1 Å². The molecular formula is C24H38LiN7O19P3S. The Labute approximate surface area is 326 Å². The van der Waals surface area contributed by atoms with Crippen molar-refractivity contribution in [3.63, 3.8) is 0 Å². The Hall–Kier alpha value is -2.37. The van der Waals surface area contributed by atoms with E-state index >= 15 is 0 Å². The Balaban J connectivity index is 0.0000105. The van der Waals surface area contributed by atoms with Gasteiger partial charge in [-0.25, -0.2) is 28.6 Å². The van der Waals surface area contributed by atoms with Crippen molar-refractivity contribution in [3.8, 4) is 0 Å². The summed E-state index contributed by atoms with van der Waals surface area (Å²) in [5.74, 6) is -2.80. The summed E-state index contributed by atoms with van der Waals surface area (Å²) >= 11 is 0.718. The van der Waals surface area contributed by atoms with Crippen LogP contribution in [0.25, 0.3) is 11.2 Å². The zero-order valence-corrected chi connectivity index (χ0v) is 32.6. The largest absolute Gasteiger partial charge is 0.481 e. The number of fused-ring (bicyclic) bond motifs is 1. The topological polar surface area (TPSA) is 401 Å². The van der Waals surface area contributed by atoms with Crippen molar-refractivity contribution in [2.24, 2.45) is 5.41 Å². The standard InChI is InChI=1S/C24H38N7O19P3S.Li/c1-24(2,19(37)22(38)27-4-3-13(32)26-5-6-54-15(35)7-14(33)34)9-47-53(44,45)50-52(42,43)46-8-12-18(49-51(39,40)41)17(36)23(48-12)31-11-30-16-20(25)28-10-29-21(16)31;/h10-12,17-19,23,36-37H,3-9H2,1-2H3,(H,26,32)(H,27,38)(H,33,34)(H,42,43)(H,44,45)(H2,25,28,29)(H2,39,40,41);/t12-,17-,18-,19+,23-;/m1./s1. The molecule has 0 spiro atoms. The van der Waals surface area contributed by atoms with Gasteiger partial charge in [0.05, 0.1) is 19.5 Å². The average Bonchev–Trinajstić information content (AvgIpc) is 3.60. The number of nitrogens with zero attached hydrogens (tertiary/aromatic N) is 4. The predicted molar refractivity (Wildman–Crippen MR) is 185 cm³/mol. The predicted octanol–water partition coefficient (Wildman–Crippen LogP) is -2.24. The van der Waals surface area contributed by atoms with Gasteiger partial charge in [-0.3, -0.25) is 37.3 Å². The number of anilines is 1. The summed E-state index contributed by atoms with van der Waals surface area (Å²) in [4.78, 5) is 97.0. The maximum Gasteiger partial charge on any atom is 0.481 e. The van der Waals surface area contributed by atoms with Gasteiger partial charge in [0.25, 0.3) is 0 Å². The molecule has 0 saturated carbocycles. The van der Waals surface area contributed by atoms with Crippen LogP contribution in [0, 0.1) is 5.41 Å². The van der Waals surface area contributed by atoms with Gasteiger partial charge in [-0.2, -0.15) is 4.31 Å². The van der Waals surface area contributed by atoms with Crippen LogP contribution in [0.1, 0.15) is 32.9 Å². The number of amides is 2. The SMILES string of the molecule is CC(C)(COP(=O)(O)OP(=O)(O)OC[C@H]1O[C@@H](n2cnc3c(N)ncnc32)[C@H](O)[C@@H]1OP(=O)(O)O)[C@@H](O)C(=O)NCCC(=O)NCCSC(=O)CC(=O)O.[Li]. The van der Waals surface area contributed by atoms with Crippen LogP contribution in [0.3, 0.4) is 0 Å². The second-order valence-electron chi connectivity index (χ2n) is 11.9. The summed E-state index contributed by atoms with van der Waals surface area (Å²) in [6.07, 6.45) is -7.78. The molecule has 3 rings (SSSR count). The average molecular weight is 861 g/mol. The summed E-state index contributed by atoms with van der Waals surface area (Å²) in [5, 5.41) is 34.0. The van der Waals surface area contributed by atoms with E-state index in [0.717, 1.165) is 29.0 Å². The number of aliphatic carboxylic acids is 1. The molecule has 2 unspecified atom stereocenters. The van der Waals surface area contributed by atoms with E-state index in [2.05, 4.69) is 34.4 Å². The number of carbonyl (C=O) groups is 4. The van der Waals surface area contributed by atoms with E-state index in [1.54, 1.807) is 0 Å². The summed E-state index contributed by atoms with van der Waals surface area (Å²) < 4.78 is 61.8. The molecule has 1 aliphatic rings. The molecule has 1 aliphatic heterocycles. The van der Waals surface area contributed by atoms with Crippen molar-refractivity contribution >= 4 is 94.0 Å². The number of phosphoric acid groups is 3. The van der Waals surface area contributed by atoms with Crippen molar-refractivity contribution < 1.29 is 90.4 Å². The van der Waals surface area contributed by atoms with Gasteiger partial charge in [0, 0.05) is 49.5 Å². The van der Waals surface area contributed by atoms with Crippen LogP contribution in [0.2, 0.25) is 0 Å². The molecule has 2 aromatic rings. The first kappa shape index (κ1) is 48.8. The fourth-order valence-electron chi connectivity index (χ4n) is 4.47. The van der Waals surface area contributed by atoms with Gasteiger partial charge in [-0.15, -0.1) is 0 Å². The first-order valence-electron chi connectivity index (χ1n) is 15.2. The minimum atomic E-state index is -5.59. The smallest absolute Gasteiger partial charge is 0.481 e. The Morgan fingerprint density at radius 1 is 1.05 bits per heavy atom. The number of aliphatic hydroxyl groups excluding tert-OH is 2. The summed E-state index contributed by atoms with van der Waals surface area (Å²) in [5.41, 5.74) is 4.19. The quantitative estimate of drug-likeness (QED) is 0.0274. The minimum absolute atomic E-state index is 0. The van der Waals surface area contributed by atoms with Crippen molar-refractivity contribution in [2.45, 2.75) is 57.3 Å². The number of nitrogens with two attached hydrogens (primary N) is 1. The number of hydrogen-bond acceptors (Lipinski definition) is 19. The zero-order valence-electron chi connectivity index (χ0n) is 29.1. The number of ether oxygens (including phenoxy) is 1. The third-order valence-corrected chi connectivity index (χ3v) is 11.0. The van der Waals surface area contributed by atoms with Gasteiger partial charge in [0.15, 0.2) is 22.8 Å². The minimum Gasteiger partial charge on any atom is -0.481 e. The number of imidazole rings is 1. The second kappa shape index (κ2) is 20.4. The van der Waals surface area contributed by atoms with E-state index in [0.29, 0.717) is 0 Å². The monoisotopic (exact) mass is 860 g/mol. The molecule has 1 radical (unpaired) electrons. The number of carboxylic acids is 1. The number of rotatable bonds is 21. The van der Waals surface area contributed by atoms with Crippen LogP contribution in [0.5, 0.6) is 0 Å². The van der Waals surface area contributed by atoms with Gasteiger partial charge < -0.3 is 56.0 Å². The molecule has 2 amide bonds. The number of nitrogens with one attached hydrogen (secondary N) is 2. The first-order valence-corrected chi connectivity index (χ1v) is 20.7. The summed E-state index contributed by atoms with van der Waals surface area (Å²) in [6.45, 7) is 0.132. The molecule has 305 valence electrons. The van der Waals surface area contributed by atoms with Crippen molar-refractivity contribution in [3.05, 3.63) is 12.7 Å². The Kier molecular flexibility index (Phi) is 18.1. The number of aromatic nitrogens is 4. The third-order valence-electron chi connectivity index (χ3n) is 7.06. The second-order valence-corrected chi connectivity index (χ2v) is 17.2. The van der Waals surface area contributed by atoms with Crippen LogP contribution in [0.4, 0.5) is 5.82 Å². The molecule has 0 bridgehead atoms. The Morgan fingerprint density at radius 2 is 1.71 bits per heavy atom. The van der Waals surface area contributed by atoms with Gasteiger partial charge >= 0.3 is 29.4 Å². The number of hydrogen-bond donors (Lipinski definition) is 10. The van der Waals surface area contributed by atoms with Crippen LogP contribution in [-0.4, -0.2) is 153 Å². The molecule has 0 aliphatic carbocycles. The Bertz CT molecular complexity index is 1840. The number of carbonyl (C=O) groups excluding carboxylic acids is 3. The fourth-order valence-corrected chi connectivity index (χ4v) is 7.96. The van der Waals surface area contributed by atoms with Gasteiger partial charge in [-0.1, -0.05) is 25.6 Å². The van der Waals surface area contributed by atoms with Crippen LogP contribution in [-0.2, 0) is 55.5 Å². The van der Waals surface area contributed by atoms with Gasteiger partial charge in [0.1, 0.15) is 42.7 Å². The zero-order chi connectivity index (χ0) is 40.6. The van der Waals surface area contributed by atoms with Gasteiger partial charge in [0.2, 0.25) is 11.8 Å². The molecule has 7 atom stereocenters. The van der Waals surface area contributed by atoms with Crippen LogP contribution in [0.15, 0.2) is 12.7 Å². The number of phosphoric ester groups is 3. The number of nitrogen functional groups attached to an aromatic ring is 1. The molecule has 55 heavy (non-hydrogen) atoms. The molecule has 2 aromatic heterocycles. The number of thioether (sulfide) groups is 1. The van der Waals surface area contributed by atoms with Gasteiger partial charge in [-0.05, 0) is 0 Å². The first-order chi connectivity index (χ1) is 24.9. The normalized spacial score (nSPS) is 21.5. The molecule has 1 saturated heterocycles. The summed E-state index contributed by atoms with van der Waals surface area (Å²) in [6, 6.07) is 0. The summed E-state index contributed by atoms with van der Waals surface area (Å²) in [7, 11) is -16.4. The molecule has 11 N–H and O–H groups in total. The molecule has 1 fully saturated rings. The number of carboxylic acid groups (broad SMARTS) is 1. The Morgan fingerprint density at radius 3 is 2.35 bits per heavy atom. The molecule has 0 aromatic carbocycles. The third kappa shape index (κ3) is 15.1. The molecular weight excluding hydrogens is 822 g/mol. The van der Waals surface area contributed by atoms with E-state index in [1.807, 2.05) is 0 Å². The van der Waals surface area contributed by atoms with Crippen LogP contribution >= 0.6 is 35.2 Å². The number of aliphatic hydroxyl groups is 2. The molecule has 3 heterocycles. The maximum absolute atomic E-state index is 12.6. The van der Waals surface area contributed by atoms with Crippen LogP contribution < -0.4 is 16.4 Å². The van der Waals surface area contributed by atoms with E-state index < -0.39 is 102 Å². The fraction of sp³-hybridized carbons (Fsp3) is 0.625. The van der Waals surface area contributed by atoms with E-state index in [1.165, 1.54) is 13.8 Å². The van der Waals surface area contributed by atoms with E-state index in [9.17, 15) is 62.7 Å². The molecule has 31 heteroatoms. The van der Waals surface area contributed by atoms with Crippen molar-refractivity contribution in [1.29, 1.82) is 0 Å². The van der Waals surface area contributed by atoms with Crippen molar-refractivity contribution in [1.82, 2.24) is 30.2 Å². The maximum atomic E-state index is 12.6.